The smallest absolute Gasteiger partial charge is 0.390 e. The standard InChI is InChI=1S/C11H10F3N3O3S/c12-11(13,14)10-2-1-7(4-16-10)17-21(19,20)9-3-8(6-18)15-5-9/h1-5,15,17-18H,6H2. The molecule has 0 aromatic carbocycles. The van der Waals surface area contributed by atoms with Crippen molar-refractivity contribution in [2.45, 2.75) is 17.7 Å². The molecule has 3 N–H and O–H groups in total. The lowest BCUT2D eigenvalue weighted by atomic mass is 10.3. The molecule has 21 heavy (non-hydrogen) atoms. The number of alkyl halides is 3. The van der Waals surface area contributed by atoms with E-state index in [9.17, 15) is 21.6 Å². The predicted octanol–water partition coefficient (Wildman–Crippen LogP) is 1.72. The van der Waals surface area contributed by atoms with Gasteiger partial charge in [0.1, 0.15) is 10.6 Å². The number of aromatic nitrogens is 2. The van der Waals surface area contributed by atoms with Crippen LogP contribution in [-0.4, -0.2) is 23.5 Å². The highest BCUT2D eigenvalue weighted by Crippen LogP contribution is 2.28. The molecule has 0 unspecified atom stereocenters. The summed E-state index contributed by atoms with van der Waals surface area (Å²) in [5.41, 5.74) is -0.926. The number of aliphatic hydroxyl groups is 1. The molecule has 2 rings (SSSR count). The summed E-state index contributed by atoms with van der Waals surface area (Å²) in [5, 5.41) is 8.85. The maximum Gasteiger partial charge on any atom is 0.433 e. The average molecular weight is 321 g/mol. The summed E-state index contributed by atoms with van der Waals surface area (Å²) >= 11 is 0. The maximum absolute atomic E-state index is 12.3. The first-order valence-electron chi connectivity index (χ1n) is 5.56. The number of nitrogens with one attached hydrogen (secondary N) is 2. The van der Waals surface area contributed by atoms with Gasteiger partial charge in [-0.05, 0) is 18.2 Å². The lowest BCUT2D eigenvalue weighted by Crippen LogP contribution is -2.13. The third-order valence-corrected chi connectivity index (χ3v) is 3.86. The largest absolute Gasteiger partial charge is 0.433 e. The van der Waals surface area contributed by atoms with Crippen molar-refractivity contribution in [1.29, 1.82) is 0 Å². The maximum atomic E-state index is 12.3. The zero-order valence-corrected chi connectivity index (χ0v) is 11.2. The molecule has 6 nitrogen and oxygen atoms in total. The van der Waals surface area contributed by atoms with Gasteiger partial charge in [0.05, 0.1) is 18.5 Å². The minimum Gasteiger partial charge on any atom is -0.390 e. The van der Waals surface area contributed by atoms with Gasteiger partial charge in [0, 0.05) is 11.9 Å². The Kier molecular flexibility index (Phi) is 3.92. The first-order valence-corrected chi connectivity index (χ1v) is 7.05. The van der Waals surface area contributed by atoms with E-state index >= 15 is 0 Å². The van der Waals surface area contributed by atoms with Crippen LogP contribution in [0.1, 0.15) is 11.4 Å². The number of rotatable bonds is 4. The first-order chi connectivity index (χ1) is 9.72. The van der Waals surface area contributed by atoms with E-state index in [1.807, 2.05) is 0 Å². The molecule has 114 valence electrons. The van der Waals surface area contributed by atoms with E-state index in [2.05, 4.69) is 14.7 Å². The van der Waals surface area contributed by atoms with Crippen molar-refractivity contribution in [1.82, 2.24) is 9.97 Å². The van der Waals surface area contributed by atoms with Gasteiger partial charge < -0.3 is 10.1 Å². The normalized spacial score (nSPS) is 12.4. The number of hydrogen-bond donors (Lipinski definition) is 3. The molecule has 0 bridgehead atoms. The Hall–Kier alpha value is -2.07. The van der Waals surface area contributed by atoms with Crippen LogP contribution in [0.4, 0.5) is 18.9 Å². The number of hydrogen-bond acceptors (Lipinski definition) is 4. The zero-order chi connectivity index (χ0) is 15.7. The molecule has 0 radical (unpaired) electrons. The second kappa shape index (κ2) is 5.37. The Bertz CT molecular complexity index is 723. The Morgan fingerprint density at radius 2 is 2.05 bits per heavy atom. The van der Waals surface area contributed by atoms with Crippen LogP contribution in [0, 0.1) is 0 Å². The number of halogens is 3. The highest BCUT2D eigenvalue weighted by Gasteiger charge is 2.32. The predicted molar refractivity (Wildman–Crippen MR) is 66.8 cm³/mol. The minimum absolute atomic E-state index is 0.102. The number of nitrogens with zero attached hydrogens (tertiary/aromatic N) is 1. The van der Waals surface area contributed by atoms with Crippen molar-refractivity contribution >= 4 is 15.7 Å². The molecule has 0 fully saturated rings. The number of pyridine rings is 1. The van der Waals surface area contributed by atoms with Crippen LogP contribution in [0.25, 0.3) is 0 Å². The van der Waals surface area contributed by atoms with Crippen LogP contribution >= 0.6 is 0 Å². The van der Waals surface area contributed by atoms with Gasteiger partial charge in [0.2, 0.25) is 0 Å². The quantitative estimate of drug-likeness (QED) is 0.799. The number of H-pyrrole nitrogens is 1. The zero-order valence-electron chi connectivity index (χ0n) is 10.3. The second-order valence-electron chi connectivity index (χ2n) is 4.05. The van der Waals surface area contributed by atoms with E-state index in [1.54, 1.807) is 0 Å². The average Bonchev–Trinajstić information content (AvgIpc) is 2.87. The molecule has 0 atom stereocenters. The highest BCUT2D eigenvalue weighted by atomic mass is 32.2. The summed E-state index contributed by atoms with van der Waals surface area (Å²) in [4.78, 5) is 5.55. The van der Waals surface area contributed by atoms with Crippen molar-refractivity contribution in [3.63, 3.8) is 0 Å². The fourth-order valence-electron chi connectivity index (χ4n) is 1.50. The van der Waals surface area contributed by atoms with Crippen LogP contribution in [0.15, 0.2) is 35.5 Å². The molecule has 2 heterocycles. The number of anilines is 1. The lowest BCUT2D eigenvalue weighted by Gasteiger charge is -2.08. The molecule has 2 aromatic heterocycles. The molecule has 0 aliphatic heterocycles. The molecule has 0 saturated heterocycles. The van der Waals surface area contributed by atoms with E-state index in [0.29, 0.717) is 11.8 Å². The SMILES string of the molecule is O=S(=O)(Nc1ccc(C(F)(F)F)nc1)c1c[nH]c(CO)c1. The van der Waals surface area contributed by atoms with Crippen molar-refractivity contribution in [2.24, 2.45) is 0 Å². The van der Waals surface area contributed by atoms with Gasteiger partial charge in [0.15, 0.2) is 0 Å². The van der Waals surface area contributed by atoms with Crippen molar-refractivity contribution < 1.29 is 26.7 Å². The van der Waals surface area contributed by atoms with Gasteiger partial charge in [-0.25, -0.2) is 13.4 Å². The van der Waals surface area contributed by atoms with E-state index in [0.717, 1.165) is 18.5 Å². The minimum atomic E-state index is -4.59. The summed E-state index contributed by atoms with van der Waals surface area (Å²) in [7, 11) is -3.96. The molecule has 0 amide bonds. The van der Waals surface area contributed by atoms with E-state index in [1.165, 1.54) is 6.07 Å². The Balaban J connectivity index is 2.21. The van der Waals surface area contributed by atoms with Crippen molar-refractivity contribution in [3.05, 3.63) is 42.0 Å². The molecule has 0 aliphatic carbocycles. The summed E-state index contributed by atoms with van der Waals surface area (Å²) in [6.07, 6.45) is -2.65. The van der Waals surface area contributed by atoms with Gasteiger partial charge in [-0.3, -0.25) is 4.72 Å². The molecule has 0 saturated carbocycles. The lowest BCUT2D eigenvalue weighted by molar-refractivity contribution is -0.141. The summed E-state index contributed by atoms with van der Waals surface area (Å²) in [5.74, 6) is 0. The van der Waals surface area contributed by atoms with Gasteiger partial charge in [-0.1, -0.05) is 0 Å². The van der Waals surface area contributed by atoms with E-state index in [-0.39, 0.29) is 17.2 Å². The van der Waals surface area contributed by atoms with Crippen LogP contribution in [-0.2, 0) is 22.8 Å². The molecule has 10 heteroatoms. The van der Waals surface area contributed by atoms with E-state index < -0.39 is 21.9 Å². The summed E-state index contributed by atoms with van der Waals surface area (Å²) < 4.78 is 63.0. The molecule has 0 aliphatic rings. The van der Waals surface area contributed by atoms with Gasteiger partial charge >= 0.3 is 6.18 Å². The Labute approximate surface area is 117 Å². The van der Waals surface area contributed by atoms with Crippen LogP contribution < -0.4 is 4.72 Å². The first kappa shape index (κ1) is 15.3. The third kappa shape index (κ3) is 3.52. The fourth-order valence-corrected chi connectivity index (χ4v) is 2.56. The number of aromatic amines is 1. The van der Waals surface area contributed by atoms with Gasteiger partial charge in [-0.2, -0.15) is 13.2 Å². The monoisotopic (exact) mass is 321 g/mol. The molecule has 0 spiro atoms. The summed E-state index contributed by atoms with van der Waals surface area (Å²) in [6.45, 7) is -0.364. The highest BCUT2D eigenvalue weighted by molar-refractivity contribution is 7.92. The number of aliphatic hydroxyl groups excluding tert-OH is 1. The van der Waals surface area contributed by atoms with Crippen LogP contribution in [0.2, 0.25) is 0 Å². The van der Waals surface area contributed by atoms with Gasteiger partial charge in [-0.15, -0.1) is 0 Å². The second-order valence-corrected chi connectivity index (χ2v) is 5.74. The summed E-state index contributed by atoms with van der Waals surface area (Å²) in [6, 6.07) is 2.85. The van der Waals surface area contributed by atoms with Gasteiger partial charge in [0.25, 0.3) is 10.0 Å². The van der Waals surface area contributed by atoms with E-state index in [4.69, 9.17) is 5.11 Å². The van der Waals surface area contributed by atoms with Crippen molar-refractivity contribution in [3.8, 4) is 0 Å². The van der Waals surface area contributed by atoms with Crippen LogP contribution in [0.5, 0.6) is 0 Å². The van der Waals surface area contributed by atoms with Crippen molar-refractivity contribution in [2.75, 3.05) is 4.72 Å². The Morgan fingerprint density at radius 3 is 2.52 bits per heavy atom. The topological polar surface area (TPSA) is 95.1 Å². The molecular formula is C11H10F3N3O3S. The Morgan fingerprint density at radius 1 is 1.33 bits per heavy atom. The van der Waals surface area contributed by atoms with Crippen LogP contribution in [0.3, 0.4) is 0 Å². The number of sulfonamides is 1. The molecular weight excluding hydrogens is 311 g/mol. The third-order valence-electron chi connectivity index (χ3n) is 2.50. The fraction of sp³-hybridized carbons (Fsp3) is 0.182. The molecule has 2 aromatic rings.